The molecule has 1 aliphatic carbocycles. The number of hydrogen-bond acceptors (Lipinski definition) is 2. The Labute approximate surface area is 141 Å². The highest BCUT2D eigenvalue weighted by atomic mass is 16.5. The first-order valence-corrected chi connectivity index (χ1v) is 8.17. The molecule has 3 nitrogen and oxygen atoms in total. The Morgan fingerprint density at radius 2 is 1.83 bits per heavy atom. The molecule has 0 spiro atoms. The van der Waals surface area contributed by atoms with Crippen molar-refractivity contribution in [3.63, 3.8) is 0 Å². The van der Waals surface area contributed by atoms with Gasteiger partial charge in [0.15, 0.2) is 0 Å². The molecule has 0 aromatic heterocycles. The summed E-state index contributed by atoms with van der Waals surface area (Å²) in [5, 5.41) is 5.34. The summed E-state index contributed by atoms with van der Waals surface area (Å²) in [4.78, 5) is 12.8. The highest BCUT2D eigenvalue weighted by Crippen LogP contribution is 2.33. The fraction of sp³-hybridized carbons (Fsp3) is 0.190. The summed E-state index contributed by atoms with van der Waals surface area (Å²) in [6.07, 6.45) is 2.13. The van der Waals surface area contributed by atoms with E-state index in [4.69, 9.17) is 4.74 Å². The van der Waals surface area contributed by atoms with Gasteiger partial charge in [0.2, 0.25) is 0 Å². The number of amides is 1. The number of carbonyl (C=O) groups is 1. The first kappa shape index (κ1) is 14.8. The van der Waals surface area contributed by atoms with Gasteiger partial charge in [-0.2, -0.15) is 0 Å². The molecule has 3 aromatic carbocycles. The third-order valence-electron chi connectivity index (χ3n) is 4.80. The third kappa shape index (κ3) is 2.33. The van der Waals surface area contributed by atoms with E-state index in [-0.39, 0.29) is 5.91 Å². The second kappa shape index (κ2) is 5.68. The zero-order valence-corrected chi connectivity index (χ0v) is 13.8. The highest BCUT2D eigenvalue weighted by molar-refractivity contribution is 6.14. The molecular weight excluding hydrogens is 298 g/mol. The summed E-state index contributed by atoms with van der Waals surface area (Å²) in [6.45, 7) is 1.96. The molecule has 0 unspecified atom stereocenters. The lowest BCUT2D eigenvalue weighted by Crippen LogP contribution is -2.13. The summed E-state index contributed by atoms with van der Waals surface area (Å²) in [7, 11) is 1.64. The highest BCUT2D eigenvalue weighted by Gasteiger charge is 2.19. The molecule has 120 valence electrons. The van der Waals surface area contributed by atoms with E-state index in [9.17, 15) is 4.79 Å². The quantitative estimate of drug-likeness (QED) is 0.772. The normalized spacial score (nSPS) is 12.4. The monoisotopic (exact) mass is 317 g/mol. The number of anilines is 1. The van der Waals surface area contributed by atoms with Gasteiger partial charge in [0.05, 0.1) is 7.11 Å². The maximum atomic E-state index is 12.8. The van der Waals surface area contributed by atoms with Gasteiger partial charge in [-0.3, -0.25) is 4.79 Å². The predicted octanol–water partition coefficient (Wildman–Crippen LogP) is 4.51. The molecule has 0 aliphatic heterocycles. The van der Waals surface area contributed by atoms with Crippen LogP contribution in [-0.2, 0) is 12.8 Å². The van der Waals surface area contributed by atoms with Crippen molar-refractivity contribution in [3.8, 4) is 5.75 Å². The average Bonchev–Trinajstić information content (AvgIpc) is 3.02. The van der Waals surface area contributed by atoms with Gasteiger partial charge in [-0.25, -0.2) is 0 Å². The number of aryl methyl sites for hydroxylation is 3. The minimum absolute atomic E-state index is 0.0705. The molecule has 1 N–H and O–H groups in total. The zero-order valence-electron chi connectivity index (χ0n) is 13.8. The van der Waals surface area contributed by atoms with E-state index in [1.807, 2.05) is 43.3 Å². The minimum atomic E-state index is -0.0705. The van der Waals surface area contributed by atoms with E-state index in [0.29, 0.717) is 0 Å². The van der Waals surface area contributed by atoms with E-state index in [1.165, 1.54) is 16.5 Å². The number of benzene rings is 3. The first-order chi connectivity index (χ1) is 11.7. The molecule has 24 heavy (non-hydrogen) atoms. The van der Waals surface area contributed by atoms with Gasteiger partial charge in [0, 0.05) is 11.3 Å². The molecule has 0 fully saturated rings. The molecular formula is C21H19NO2. The van der Waals surface area contributed by atoms with Crippen LogP contribution in [0.3, 0.4) is 0 Å². The van der Waals surface area contributed by atoms with Crippen molar-refractivity contribution >= 4 is 22.4 Å². The van der Waals surface area contributed by atoms with Crippen molar-refractivity contribution in [2.75, 3.05) is 12.4 Å². The van der Waals surface area contributed by atoms with Crippen molar-refractivity contribution < 1.29 is 9.53 Å². The molecule has 0 heterocycles. The van der Waals surface area contributed by atoms with Crippen molar-refractivity contribution in [3.05, 3.63) is 70.8 Å². The van der Waals surface area contributed by atoms with Crippen LogP contribution in [0, 0.1) is 6.92 Å². The van der Waals surface area contributed by atoms with Crippen LogP contribution in [0.15, 0.2) is 48.5 Å². The largest absolute Gasteiger partial charge is 0.497 e. The zero-order chi connectivity index (χ0) is 16.7. The van der Waals surface area contributed by atoms with Crippen LogP contribution in [-0.4, -0.2) is 13.0 Å². The Morgan fingerprint density at radius 3 is 2.58 bits per heavy atom. The van der Waals surface area contributed by atoms with Gasteiger partial charge in [0.1, 0.15) is 5.75 Å². The molecule has 1 amide bonds. The molecule has 0 saturated carbocycles. The van der Waals surface area contributed by atoms with Crippen LogP contribution >= 0.6 is 0 Å². The van der Waals surface area contributed by atoms with E-state index < -0.39 is 0 Å². The lowest BCUT2D eigenvalue weighted by atomic mass is 9.99. The van der Waals surface area contributed by atoms with Gasteiger partial charge >= 0.3 is 0 Å². The topological polar surface area (TPSA) is 38.3 Å². The van der Waals surface area contributed by atoms with Gasteiger partial charge in [-0.15, -0.1) is 0 Å². The van der Waals surface area contributed by atoms with Crippen LogP contribution in [0.2, 0.25) is 0 Å². The van der Waals surface area contributed by atoms with E-state index in [2.05, 4.69) is 17.4 Å². The SMILES string of the molecule is COc1ccc(NC(=O)c2ccc3c4c(cccc24)CC3)c(C)c1. The van der Waals surface area contributed by atoms with Gasteiger partial charge in [-0.05, 0) is 71.5 Å². The summed E-state index contributed by atoms with van der Waals surface area (Å²) >= 11 is 0. The molecule has 4 rings (SSSR count). The van der Waals surface area contributed by atoms with E-state index >= 15 is 0 Å². The molecule has 1 aliphatic rings. The number of rotatable bonds is 3. The fourth-order valence-corrected chi connectivity index (χ4v) is 3.54. The summed E-state index contributed by atoms with van der Waals surface area (Å²) in [6, 6.07) is 15.9. The fourth-order valence-electron chi connectivity index (χ4n) is 3.54. The van der Waals surface area contributed by atoms with Crippen molar-refractivity contribution in [1.29, 1.82) is 0 Å². The smallest absolute Gasteiger partial charge is 0.256 e. The second-order valence-electron chi connectivity index (χ2n) is 6.25. The van der Waals surface area contributed by atoms with E-state index in [0.717, 1.165) is 40.8 Å². The Morgan fingerprint density at radius 1 is 1.04 bits per heavy atom. The van der Waals surface area contributed by atoms with Crippen LogP contribution in [0.5, 0.6) is 5.75 Å². The number of methoxy groups -OCH3 is 1. The second-order valence-corrected chi connectivity index (χ2v) is 6.25. The molecule has 3 heteroatoms. The standard InChI is InChI=1S/C21H19NO2/c1-13-12-16(24-2)9-11-19(13)22-21(23)18-10-8-15-7-6-14-4-3-5-17(18)20(14)15/h3-5,8-12H,6-7H2,1-2H3,(H,22,23). The Kier molecular flexibility index (Phi) is 3.49. The minimum Gasteiger partial charge on any atom is -0.497 e. The first-order valence-electron chi connectivity index (χ1n) is 8.17. The van der Waals surface area contributed by atoms with Gasteiger partial charge < -0.3 is 10.1 Å². The number of ether oxygens (including phenoxy) is 1. The Hall–Kier alpha value is -2.81. The predicted molar refractivity (Wildman–Crippen MR) is 97.0 cm³/mol. The number of nitrogens with one attached hydrogen (secondary N) is 1. The van der Waals surface area contributed by atoms with E-state index in [1.54, 1.807) is 7.11 Å². The molecule has 0 radical (unpaired) electrons. The Balaban J connectivity index is 1.72. The maximum Gasteiger partial charge on any atom is 0.256 e. The van der Waals surface area contributed by atoms with Crippen LogP contribution in [0.4, 0.5) is 5.69 Å². The Bertz CT molecular complexity index is 949. The lowest BCUT2D eigenvalue weighted by Gasteiger charge is -2.12. The molecule has 3 aromatic rings. The summed E-state index contributed by atoms with van der Waals surface area (Å²) < 4.78 is 5.22. The van der Waals surface area contributed by atoms with Crippen molar-refractivity contribution in [2.45, 2.75) is 19.8 Å². The van der Waals surface area contributed by atoms with Crippen molar-refractivity contribution in [1.82, 2.24) is 0 Å². The van der Waals surface area contributed by atoms with Crippen LogP contribution in [0.25, 0.3) is 10.8 Å². The third-order valence-corrected chi connectivity index (χ3v) is 4.80. The van der Waals surface area contributed by atoms with Crippen LogP contribution < -0.4 is 10.1 Å². The summed E-state index contributed by atoms with van der Waals surface area (Å²) in [5.41, 5.74) is 5.21. The molecule has 0 atom stereocenters. The number of carbonyl (C=O) groups excluding carboxylic acids is 1. The summed E-state index contributed by atoms with van der Waals surface area (Å²) in [5.74, 6) is 0.717. The lowest BCUT2D eigenvalue weighted by molar-refractivity contribution is 0.102. The molecule has 0 bridgehead atoms. The van der Waals surface area contributed by atoms with Crippen LogP contribution in [0.1, 0.15) is 27.0 Å². The molecule has 0 saturated heterocycles. The van der Waals surface area contributed by atoms with Gasteiger partial charge in [0.25, 0.3) is 5.91 Å². The maximum absolute atomic E-state index is 12.8. The van der Waals surface area contributed by atoms with Crippen molar-refractivity contribution in [2.24, 2.45) is 0 Å². The number of hydrogen-bond donors (Lipinski definition) is 1. The van der Waals surface area contributed by atoms with Gasteiger partial charge in [-0.1, -0.05) is 24.3 Å². The average molecular weight is 317 g/mol.